The highest BCUT2D eigenvalue weighted by Crippen LogP contribution is 2.04. The minimum Gasteiger partial charge on any atom is -0.354 e. The van der Waals surface area contributed by atoms with Crippen LogP contribution in [0.2, 0.25) is 0 Å². The fourth-order valence-corrected chi connectivity index (χ4v) is 2.45. The van der Waals surface area contributed by atoms with E-state index in [0.29, 0.717) is 0 Å². The molecule has 2 heterocycles. The van der Waals surface area contributed by atoms with Gasteiger partial charge in [0.05, 0.1) is 6.20 Å². The molecule has 1 aromatic rings. The Hall–Kier alpha value is -1.62. The average molecular weight is 250 g/mol. The van der Waals surface area contributed by atoms with Gasteiger partial charge in [0, 0.05) is 13.1 Å². The zero-order valence-electron chi connectivity index (χ0n) is 11.1. The number of pyridine rings is 1. The lowest BCUT2D eigenvalue weighted by Crippen LogP contribution is -3.19. The summed E-state index contributed by atoms with van der Waals surface area (Å²) in [7, 11) is 1.70. The van der Waals surface area contributed by atoms with E-state index in [1.807, 2.05) is 25.3 Å². The van der Waals surface area contributed by atoms with Crippen LogP contribution in [0.4, 0.5) is 5.82 Å². The third-order valence-electron chi connectivity index (χ3n) is 3.69. The first-order valence-electron chi connectivity index (χ1n) is 6.50. The number of H-pyrrole nitrogens is 1. The van der Waals surface area contributed by atoms with Crippen molar-refractivity contribution < 1.29 is 14.7 Å². The van der Waals surface area contributed by atoms with Gasteiger partial charge in [-0.15, -0.1) is 0 Å². The molecule has 1 aliphatic heterocycles. The number of piperazine rings is 1. The van der Waals surface area contributed by atoms with Crippen molar-refractivity contribution in [2.75, 3.05) is 38.1 Å². The highest BCUT2D eigenvalue weighted by atomic mass is 16.2. The van der Waals surface area contributed by atoms with Gasteiger partial charge in [-0.3, -0.25) is 9.69 Å². The molecule has 1 fully saturated rings. The normalized spacial score (nSPS) is 18.4. The van der Waals surface area contributed by atoms with Crippen LogP contribution in [0.5, 0.6) is 0 Å². The van der Waals surface area contributed by atoms with Crippen molar-refractivity contribution in [3.05, 3.63) is 24.4 Å². The lowest BCUT2D eigenvalue weighted by molar-refractivity contribution is -0.914. The first-order valence-corrected chi connectivity index (χ1v) is 6.50. The number of nitrogens with zero attached hydrogens (tertiary/aromatic N) is 1. The Bertz CT molecular complexity index is 387. The average Bonchev–Trinajstić information content (AvgIpc) is 2.47. The predicted octanol–water partition coefficient (Wildman–Crippen LogP) is -1.66. The molecule has 5 heteroatoms. The monoisotopic (exact) mass is 250 g/mol. The van der Waals surface area contributed by atoms with Crippen LogP contribution in [-0.2, 0) is 4.79 Å². The van der Waals surface area contributed by atoms with E-state index in [1.165, 1.54) is 4.90 Å². The SMILES string of the molecule is CNC(=O)[C@@H](C)[NH+]1CCN(c2cccc[nH+]2)CC1. The fraction of sp³-hybridized carbons (Fsp3) is 0.538. The molecule has 1 saturated heterocycles. The van der Waals surface area contributed by atoms with E-state index >= 15 is 0 Å². The molecular weight excluding hydrogens is 228 g/mol. The van der Waals surface area contributed by atoms with Gasteiger partial charge in [0.1, 0.15) is 26.2 Å². The van der Waals surface area contributed by atoms with Gasteiger partial charge >= 0.3 is 0 Å². The molecule has 1 atom stereocenters. The molecular formula is C13H22N4O+2. The number of rotatable bonds is 3. The summed E-state index contributed by atoms with van der Waals surface area (Å²) in [6.07, 6.45) is 1.95. The Morgan fingerprint density at radius 3 is 2.72 bits per heavy atom. The molecule has 1 aliphatic rings. The maximum Gasteiger partial charge on any atom is 0.277 e. The molecule has 1 aromatic heterocycles. The van der Waals surface area contributed by atoms with Gasteiger partial charge in [0.2, 0.25) is 0 Å². The highest BCUT2D eigenvalue weighted by molar-refractivity contribution is 5.79. The Labute approximate surface area is 108 Å². The van der Waals surface area contributed by atoms with E-state index in [2.05, 4.69) is 21.3 Å². The van der Waals surface area contributed by atoms with Crippen LogP contribution in [0.1, 0.15) is 6.92 Å². The van der Waals surface area contributed by atoms with E-state index in [4.69, 9.17) is 0 Å². The van der Waals surface area contributed by atoms with Crippen molar-refractivity contribution in [3.63, 3.8) is 0 Å². The number of quaternary nitrogens is 1. The standard InChI is InChI=1S/C13H20N4O/c1-11(13(18)14-2)16-7-9-17(10-8-16)12-5-3-4-6-15-12/h3-6,11H,7-10H2,1-2H3,(H,14,18)/p+2/t11-/m1/s1. The number of amides is 1. The van der Waals surface area contributed by atoms with Gasteiger partial charge < -0.3 is 10.2 Å². The summed E-state index contributed by atoms with van der Waals surface area (Å²) in [6.45, 7) is 5.96. The molecule has 0 radical (unpaired) electrons. The molecule has 0 spiro atoms. The summed E-state index contributed by atoms with van der Waals surface area (Å²) in [5.74, 6) is 1.29. The first kappa shape index (κ1) is 12.8. The molecule has 98 valence electrons. The highest BCUT2D eigenvalue weighted by Gasteiger charge is 2.31. The van der Waals surface area contributed by atoms with Crippen molar-refractivity contribution in [2.45, 2.75) is 13.0 Å². The van der Waals surface area contributed by atoms with E-state index < -0.39 is 0 Å². The van der Waals surface area contributed by atoms with Crippen molar-refractivity contribution in [3.8, 4) is 0 Å². The summed E-state index contributed by atoms with van der Waals surface area (Å²) in [6, 6.07) is 6.15. The molecule has 1 amide bonds. The molecule has 0 aromatic carbocycles. The van der Waals surface area contributed by atoms with Crippen LogP contribution < -0.4 is 20.1 Å². The second kappa shape index (κ2) is 5.82. The zero-order chi connectivity index (χ0) is 13.0. The number of carbonyl (C=O) groups excluding carboxylic acids is 1. The quantitative estimate of drug-likeness (QED) is 0.675. The number of nitrogens with one attached hydrogen (secondary N) is 3. The summed E-state index contributed by atoms with van der Waals surface area (Å²) in [5, 5.41) is 2.73. The third-order valence-corrected chi connectivity index (χ3v) is 3.69. The van der Waals surface area contributed by atoms with Gasteiger partial charge in [-0.2, -0.15) is 0 Å². The number of hydrogen-bond donors (Lipinski definition) is 2. The van der Waals surface area contributed by atoms with E-state index in [1.54, 1.807) is 7.05 Å². The van der Waals surface area contributed by atoms with Crippen LogP contribution in [-0.4, -0.2) is 45.2 Å². The molecule has 18 heavy (non-hydrogen) atoms. The minimum atomic E-state index is 0.0388. The van der Waals surface area contributed by atoms with Crippen LogP contribution >= 0.6 is 0 Å². The lowest BCUT2D eigenvalue weighted by Gasteiger charge is -2.31. The second-order valence-corrected chi connectivity index (χ2v) is 4.73. The Balaban J connectivity index is 1.90. The molecule has 0 saturated carbocycles. The third kappa shape index (κ3) is 2.79. The van der Waals surface area contributed by atoms with E-state index in [0.717, 1.165) is 32.0 Å². The predicted molar refractivity (Wildman–Crippen MR) is 69.4 cm³/mol. The number of aromatic amines is 1. The molecule has 5 nitrogen and oxygen atoms in total. The van der Waals surface area contributed by atoms with Crippen molar-refractivity contribution in [1.29, 1.82) is 0 Å². The number of aromatic nitrogens is 1. The minimum absolute atomic E-state index is 0.0388. The maximum atomic E-state index is 11.6. The van der Waals surface area contributed by atoms with Crippen LogP contribution in [0.15, 0.2) is 24.4 Å². The molecule has 2 rings (SSSR count). The van der Waals surface area contributed by atoms with Gasteiger partial charge in [0.25, 0.3) is 11.7 Å². The maximum absolute atomic E-state index is 11.6. The van der Waals surface area contributed by atoms with Gasteiger partial charge in [0.15, 0.2) is 6.04 Å². The number of anilines is 1. The Kier molecular flexibility index (Phi) is 4.15. The lowest BCUT2D eigenvalue weighted by atomic mass is 10.2. The van der Waals surface area contributed by atoms with E-state index in [-0.39, 0.29) is 11.9 Å². The molecule has 0 unspecified atom stereocenters. The van der Waals surface area contributed by atoms with Crippen molar-refractivity contribution in [1.82, 2.24) is 5.32 Å². The van der Waals surface area contributed by atoms with Crippen molar-refractivity contribution >= 4 is 11.7 Å². The molecule has 0 aliphatic carbocycles. The molecule has 0 bridgehead atoms. The van der Waals surface area contributed by atoms with Crippen LogP contribution in [0, 0.1) is 0 Å². The van der Waals surface area contributed by atoms with Crippen LogP contribution in [0.3, 0.4) is 0 Å². The zero-order valence-corrected chi connectivity index (χ0v) is 11.1. The summed E-state index contributed by atoms with van der Waals surface area (Å²) < 4.78 is 0. The summed E-state index contributed by atoms with van der Waals surface area (Å²) in [5.41, 5.74) is 0. The van der Waals surface area contributed by atoms with Gasteiger partial charge in [-0.05, 0) is 13.0 Å². The fourth-order valence-electron chi connectivity index (χ4n) is 2.45. The Morgan fingerprint density at radius 2 is 2.17 bits per heavy atom. The van der Waals surface area contributed by atoms with E-state index in [9.17, 15) is 4.79 Å². The largest absolute Gasteiger partial charge is 0.354 e. The Morgan fingerprint density at radius 1 is 1.44 bits per heavy atom. The van der Waals surface area contributed by atoms with Crippen LogP contribution in [0.25, 0.3) is 0 Å². The summed E-state index contributed by atoms with van der Waals surface area (Å²) >= 11 is 0. The second-order valence-electron chi connectivity index (χ2n) is 4.73. The first-order chi connectivity index (χ1) is 8.72. The van der Waals surface area contributed by atoms with Gasteiger partial charge in [-0.1, -0.05) is 6.07 Å². The number of carbonyl (C=O) groups is 1. The topological polar surface area (TPSA) is 50.9 Å². The number of hydrogen-bond acceptors (Lipinski definition) is 2. The summed E-state index contributed by atoms with van der Waals surface area (Å²) in [4.78, 5) is 18.6. The smallest absolute Gasteiger partial charge is 0.277 e. The van der Waals surface area contributed by atoms with Crippen molar-refractivity contribution in [2.24, 2.45) is 0 Å². The van der Waals surface area contributed by atoms with Gasteiger partial charge in [-0.25, -0.2) is 4.98 Å². The number of likely N-dealkylation sites (N-methyl/N-ethyl adjacent to an activating group) is 1. The molecule has 3 N–H and O–H groups in total.